The molecule has 1 saturated carbocycles. The van der Waals surface area contributed by atoms with E-state index in [2.05, 4.69) is 22.3 Å². The van der Waals surface area contributed by atoms with Crippen LogP contribution in [0.2, 0.25) is 5.02 Å². The number of carbonyl (C=O) groups is 1. The minimum absolute atomic E-state index is 0.209. The lowest BCUT2D eigenvalue weighted by Crippen LogP contribution is -2.45. The SMILES string of the molecule is CNn1cc(-c2ccc(F)cc2)c(-c2ccc(OCCN3CCN(C)CC3)c(Cl)c2C)c1C(=N)OC(C=O)Cc1ccccc1OCC1CC1. The number of para-hydroxylation sites is 1. The van der Waals surface area contributed by atoms with E-state index in [4.69, 9.17) is 25.8 Å². The summed E-state index contributed by atoms with van der Waals surface area (Å²) < 4.78 is 34.1. The largest absolute Gasteiger partial charge is 0.493 e. The van der Waals surface area contributed by atoms with Gasteiger partial charge in [-0.05, 0) is 79.3 Å². The fraction of sp³-hybridized carbons (Fsp3) is 0.385. The molecule has 1 atom stereocenters. The van der Waals surface area contributed by atoms with Gasteiger partial charge in [-0.15, -0.1) is 0 Å². The zero-order valence-electron chi connectivity index (χ0n) is 28.9. The maximum Gasteiger partial charge on any atom is 0.233 e. The van der Waals surface area contributed by atoms with E-state index in [1.54, 1.807) is 23.9 Å². The molecule has 1 aliphatic carbocycles. The van der Waals surface area contributed by atoms with Crippen molar-refractivity contribution in [1.82, 2.24) is 14.5 Å². The first-order valence-electron chi connectivity index (χ1n) is 17.2. The van der Waals surface area contributed by atoms with E-state index in [0.717, 1.165) is 72.6 Å². The monoisotopic (exact) mass is 701 g/mol. The number of halogens is 2. The number of nitrogens with one attached hydrogen (secondary N) is 2. The van der Waals surface area contributed by atoms with E-state index in [9.17, 15) is 14.6 Å². The maximum atomic E-state index is 14.0. The predicted molar refractivity (Wildman–Crippen MR) is 196 cm³/mol. The summed E-state index contributed by atoms with van der Waals surface area (Å²) in [6, 6.07) is 17.6. The average Bonchev–Trinajstić information content (AvgIpc) is 3.88. The Bertz CT molecular complexity index is 1800. The zero-order valence-corrected chi connectivity index (χ0v) is 29.6. The Hall–Kier alpha value is -4.38. The standard InChI is InChI=1S/C39H45ClFN5O4/c1-26-32(14-15-35(37(26)40)48-21-20-45-18-16-44(3)17-19-45)36-33(28-10-12-30(41)13-11-28)23-46(43-2)38(36)39(42)50-31(24-47)22-29-6-4-5-7-34(29)49-25-27-8-9-27/h4-7,10-15,23-24,27,31,42-43H,8-9,16-22,25H2,1-3H3. The summed E-state index contributed by atoms with van der Waals surface area (Å²) in [4.78, 5) is 17.1. The lowest BCUT2D eigenvalue weighted by atomic mass is 9.93. The molecule has 50 heavy (non-hydrogen) atoms. The Labute approximate surface area is 298 Å². The number of carbonyl (C=O) groups excluding carboxylic acids is 1. The summed E-state index contributed by atoms with van der Waals surface area (Å²) in [5.74, 6) is 1.31. The van der Waals surface area contributed by atoms with Crippen LogP contribution in [0, 0.1) is 24.1 Å². The number of hydrogen-bond acceptors (Lipinski definition) is 8. The minimum Gasteiger partial charge on any atom is -0.493 e. The van der Waals surface area contributed by atoms with Crippen molar-refractivity contribution in [3.05, 3.63) is 94.5 Å². The van der Waals surface area contributed by atoms with Gasteiger partial charge in [0.25, 0.3) is 0 Å². The second kappa shape index (κ2) is 16.1. The van der Waals surface area contributed by atoms with Crippen molar-refractivity contribution in [2.75, 3.05) is 65.5 Å². The van der Waals surface area contributed by atoms with Crippen LogP contribution in [0.15, 0.2) is 66.9 Å². The van der Waals surface area contributed by atoms with E-state index >= 15 is 0 Å². The summed E-state index contributed by atoms with van der Waals surface area (Å²) in [6.45, 7) is 7.94. The Balaban J connectivity index is 1.30. The Morgan fingerprint density at radius 2 is 1.76 bits per heavy atom. The molecule has 2 fully saturated rings. The first-order chi connectivity index (χ1) is 24.2. The van der Waals surface area contributed by atoms with Gasteiger partial charge in [0.15, 0.2) is 12.4 Å². The van der Waals surface area contributed by atoms with Crippen molar-refractivity contribution in [3.8, 4) is 33.8 Å². The third-order valence-electron chi connectivity index (χ3n) is 9.48. The van der Waals surface area contributed by atoms with Gasteiger partial charge in [0.05, 0.1) is 11.6 Å². The first kappa shape index (κ1) is 35.4. The van der Waals surface area contributed by atoms with Gasteiger partial charge in [0.2, 0.25) is 5.90 Å². The second-order valence-electron chi connectivity index (χ2n) is 13.1. The Morgan fingerprint density at radius 3 is 2.46 bits per heavy atom. The molecule has 6 rings (SSSR count). The van der Waals surface area contributed by atoms with E-state index in [-0.39, 0.29) is 18.1 Å². The van der Waals surface area contributed by atoms with Crippen LogP contribution in [0.3, 0.4) is 0 Å². The lowest BCUT2D eigenvalue weighted by Gasteiger charge is -2.32. The molecular formula is C39H45ClFN5O4. The minimum atomic E-state index is -0.948. The number of aromatic nitrogens is 1. The van der Waals surface area contributed by atoms with E-state index < -0.39 is 6.10 Å². The number of aldehydes is 1. The van der Waals surface area contributed by atoms with Crippen molar-refractivity contribution >= 4 is 23.8 Å². The fourth-order valence-corrected chi connectivity index (χ4v) is 6.49. The highest BCUT2D eigenvalue weighted by atomic mass is 35.5. The van der Waals surface area contributed by atoms with Crippen LogP contribution in [0.25, 0.3) is 22.3 Å². The number of nitrogens with zero attached hydrogens (tertiary/aromatic N) is 3. The van der Waals surface area contributed by atoms with Crippen LogP contribution in [0.4, 0.5) is 4.39 Å². The number of likely N-dealkylation sites (N-methyl/N-ethyl adjacent to an activating group) is 1. The third kappa shape index (κ3) is 8.31. The van der Waals surface area contributed by atoms with Gasteiger partial charge in [0.1, 0.15) is 29.6 Å². The highest BCUT2D eigenvalue weighted by Gasteiger charge is 2.28. The van der Waals surface area contributed by atoms with Crippen LogP contribution >= 0.6 is 11.6 Å². The highest BCUT2D eigenvalue weighted by Crippen LogP contribution is 2.42. The van der Waals surface area contributed by atoms with Gasteiger partial charge >= 0.3 is 0 Å². The van der Waals surface area contributed by atoms with E-state index in [0.29, 0.717) is 41.2 Å². The summed E-state index contributed by atoms with van der Waals surface area (Å²) in [7, 11) is 3.87. The van der Waals surface area contributed by atoms with Crippen molar-refractivity contribution < 1.29 is 23.4 Å². The highest BCUT2D eigenvalue weighted by molar-refractivity contribution is 6.33. The molecule has 264 valence electrons. The molecule has 2 N–H and O–H groups in total. The molecule has 2 aliphatic rings. The van der Waals surface area contributed by atoms with Gasteiger partial charge in [0, 0.05) is 63.5 Å². The van der Waals surface area contributed by atoms with Crippen LogP contribution in [0.1, 0.15) is 29.7 Å². The van der Waals surface area contributed by atoms with E-state index in [1.165, 1.54) is 25.0 Å². The summed E-state index contributed by atoms with van der Waals surface area (Å²) in [5, 5.41) is 9.71. The molecule has 1 aromatic heterocycles. The molecule has 2 heterocycles. The number of piperazine rings is 1. The molecule has 4 aromatic rings. The topological polar surface area (TPSA) is 92.0 Å². The zero-order chi connectivity index (χ0) is 35.2. The molecule has 0 radical (unpaired) electrons. The smallest absolute Gasteiger partial charge is 0.233 e. The quantitative estimate of drug-likeness (QED) is 0.0814. The van der Waals surface area contributed by atoms with Crippen molar-refractivity contribution in [1.29, 1.82) is 5.41 Å². The van der Waals surface area contributed by atoms with Crippen LogP contribution in [-0.2, 0) is 16.0 Å². The molecule has 0 amide bonds. The normalized spacial score (nSPS) is 15.8. The van der Waals surface area contributed by atoms with Crippen molar-refractivity contribution in [2.24, 2.45) is 5.92 Å². The van der Waals surface area contributed by atoms with Crippen LogP contribution in [-0.4, -0.2) is 92.8 Å². The molecule has 1 unspecified atom stereocenters. The van der Waals surface area contributed by atoms with E-state index in [1.807, 2.05) is 49.5 Å². The number of rotatable bonds is 15. The second-order valence-corrected chi connectivity index (χ2v) is 13.5. The molecule has 0 bridgehead atoms. The fourth-order valence-electron chi connectivity index (χ4n) is 6.27. The van der Waals surface area contributed by atoms with Crippen molar-refractivity contribution in [2.45, 2.75) is 32.3 Å². The van der Waals surface area contributed by atoms with Crippen LogP contribution in [0.5, 0.6) is 11.5 Å². The molecule has 11 heteroatoms. The average molecular weight is 702 g/mol. The summed E-state index contributed by atoms with van der Waals surface area (Å²) in [5.41, 5.74) is 7.97. The first-order valence-corrected chi connectivity index (χ1v) is 17.6. The Morgan fingerprint density at radius 1 is 1.02 bits per heavy atom. The van der Waals surface area contributed by atoms with Gasteiger partial charge in [-0.1, -0.05) is 48.0 Å². The third-order valence-corrected chi connectivity index (χ3v) is 9.95. The van der Waals surface area contributed by atoms with Crippen LogP contribution < -0.4 is 14.9 Å². The summed E-state index contributed by atoms with van der Waals surface area (Å²) >= 11 is 6.98. The van der Waals surface area contributed by atoms with Gasteiger partial charge < -0.3 is 24.5 Å². The van der Waals surface area contributed by atoms with Gasteiger partial charge in [-0.2, -0.15) is 0 Å². The maximum absolute atomic E-state index is 14.0. The predicted octanol–water partition coefficient (Wildman–Crippen LogP) is 6.66. The summed E-state index contributed by atoms with van der Waals surface area (Å²) in [6.07, 6.45) is 4.18. The van der Waals surface area contributed by atoms with Crippen molar-refractivity contribution in [3.63, 3.8) is 0 Å². The lowest BCUT2D eigenvalue weighted by molar-refractivity contribution is -0.114. The van der Waals surface area contributed by atoms with Gasteiger partial charge in [-0.25, -0.2) is 4.39 Å². The molecule has 9 nitrogen and oxygen atoms in total. The molecule has 1 saturated heterocycles. The molecule has 0 spiro atoms. The molecule has 1 aliphatic heterocycles. The number of hydrogen-bond donors (Lipinski definition) is 2. The molecular weight excluding hydrogens is 657 g/mol. The molecule has 3 aromatic carbocycles. The van der Waals surface area contributed by atoms with Gasteiger partial charge in [-0.3, -0.25) is 19.8 Å². The number of benzene rings is 3. The number of ether oxygens (including phenoxy) is 3. The Kier molecular flexibility index (Phi) is 11.4.